The van der Waals surface area contributed by atoms with Crippen molar-refractivity contribution in [3.8, 4) is 0 Å². The van der Waals surface area contributed by atoms with E-state index in [0.29, 0.717) is 12.1 Å². The van der Waals surface area contributed by atoms with Gasteiger partial charge in [-0.1, -0.05) is 27.7 Å². The molecule has 1 heterocycles. The number of thioether (sulfide) groups is 1. The van der Waals surface area contributed by atoms with Crippen LogP contribution in [0.2, 0.25) is 0 Å². The Hall–Kier alpha value is -1.30. The summed E-state index contributed by atoms with van der Waals surface area (Å²) in [7, 11) is 0. The van der Waals surface area contributed by atoms with Crippen molar-refractivity contribution in [3.05, 3.63) is 11.1 Å². The molecule has 0 saturated carbocycles. The molecule has 5 nitrogen and oxygen atoms in total. The van der Waals surface area contributed by atoms with Gasteiger partial charge >= 0.3 is 5.97 Å². The Morgan fingerprint density at radius 2 is 1.86 bits per heavy atom. The van der Waals surface area contributed by atoms with Gasteiger partial charge in [0.05, 0.1) is 6.42 Å². The lowest BCUT2D eigenvalue weighted by molar-refractivity contribution is -0.137. The van der Waals surface area contributed by atoms with E-state index in [2.05, 4.69) is 0 Å². The van der Waals surface area contributed by atoms with Gasteiger partial charge in [-0.3, -0.25) is 14.4 Å². The molecule has 1 aliphatic rings. The zero-order chi connectivity index (χ0) is 16.3. The second kappa shape index (κ2) is 7.11. The minimum Gasteiger partial charge on any atom is -0.481 e. The first kappa shape index (κ1) is 17.8. The average Bonchev–Trinajstić information content (AvgIpc) is 2.61. The third-order valence-electron chi connectivity index (χ3n) is 3.28. The molecule has 1 atom stereocenters. The highest BCUT2D eigenvalue weighted by molar-refractivity contribution is 7.99. The fraction of sp³-hybridized carbons (Fsp3) is 0.667. The van der Waals surface area contributed by atoms with E-state index in [4.69, 9.17) is 5.11 Å². The number of nitrogens with zero attached hydrogens (tertiary/aromatic N) is 1. The van der Waals surface area contributed by atoms with E-state index in [1.54, 1.807) is 18.7 Å². The number of carbonyl (C=O) groups is 3. The molecule has 118 valence electrons. The quantitative estimate of drug-likeness (QED) is 0.779. The summed E-state index contributed by atoms with van der Waals surface area (Å²) in [6.45, 7) is 8.03. The summed E-state index contributed by atoms with van der Waals surface area (Å²) in [6.07, 6.45) is 1.45. The van der Waals surface area contributed by atoms with Gasteiger partial charge in [-0.05, 0) is 12.2 Å². The van der Waals surface area contributed by atoms with E-state index in [1.165, 1.54) is 11.8 Å². The minimum absolute atomic E-state index is 0.134. The number of carboxylic acid groups (broad SMARTS) is 1. The van der Waals surface area contributed by atoms with Crippen LogP contribution in [0.25, 0.3) is 0 Å². The van der Waals surface area contributed by atoms with Crippen LogP contribution >= 0.6 is 11.8 Å². The number of hydrogen-bond donors (Lipinski definition) is 1. The molecule has 0 unspecified atom stereocenters. The Balaban J connectivity index is 3.29. The molecule has 1 rings (SSSR count). The zero-order valence-electron chi connectivity index (χ0n) is 13.2. The number of ketones is 1. The average molecular weight is 313 g/mol. The molecule has 21 heavy (non-hydrogen) atoms. The van der Waals surface area contributed by atoms with Crippen molar-refractivity contribution in [2.45, 2.75) is 39.5 Å². The fourth-order valence-electron chi connectivity index (χ4n) is 2.42. The Labute approximate surface area is 129 Å². The van der Waals surface area contributed by atoms with Gasteiger partial charge < -0.3 is 10.0 Å². The molecule has 0 fully saturated rings. The molecular formula is C15H23NO4S. The third-order valence-corrected chi connectivity index (χ3v) is 4.21. The summed E-state index contributed by atoms with van der Waals surface area (Å²) in [6, 6.07) is 0. The molecule has 0 spiro atoms. The van der Waals surface area contributed by atoms with Gasteiger partial charge in [0.2, 0.25) is 0 Å². The van der Waals surface area contributed by atoms with E-state index >= 15 is 0 Å². The summed E-state index contributed by atoms with van der Waals surface area (Å²) < 4.78 is 0. The zero-order valence-corrected chi connectivity index (χ0v) is 14.0. The largest absolute Gasteiger partial charge is 0.481 e. The van der Waals surface area contributed by atoms with Crippen molar-refractivity contribution in [1.82, 2.24) is 4.90 Å². The predicted octanol–water partition coefficient (Wildman–Crippen LogP) is 2.17. The SMILES string of the molecule is CS[C@@H]1C(C(=O)C(C)C)=C(CC(=O)O)C(=O)N1CC(C)C. The number of Topliss-reactive ketones (excluding diaryl/α,β-unsaturated/α-hetero) is 1. The molecule has 0 aromatic rings. The maximum Gasteiger partial charge on any atom is 0.308 e. The van der Waals surface area contributed by atoms with Crippen molar-refractivity contribution in [1.29, 1.82) is 0 Å². The topological polar surface area (TPSA) is 74.7 Å². The normalized spacial score (nSPS) is 19.1. The maximum absolute atomic E-state index is 12.5. The van der Waals surface area contributed by atoms with Crippen LogP contribution in [0.4, 0.5) is 0 Å². The lowest BCUT2D eigenvalue weighted by Gasteiger charge is -2.27. The third kappa shape index (κ3) is 3.87. The van der Waals surface area contributed by atoms with Crippen LogP contribution < -0.4 is 0 Å². The monoisotopic (exact) mass is 313 g/mol. The van der Waals surface area contributed by atoms with Gasteiger partial charge in [0.1, 0.15) is 5.37 Å². The maximum atomic E-state index is 12.5. The van der Waals surface area contributed by atoms with Crippen LogP contribution in [0.1, 0.15) is 34.1 Å². The van der Waals surface area contributed by atoms with E-state index in [9.17, 15) is 14.4 Å². The highest BCUT2D eigenvalue weighted by Crippen LogP contribution is 2.36. The van der Waals surface area contributed by atoms with Crippen LogP contribution in [0.5, 0.6) is 0 Å². The molecule has 0 aromatic heterocycles. The molecule has 0 aromatic carbocycles. The molecule has 0 radical (unpaired) electrons. The van der Waals surface area contributed by atoms with Crippen molar-refractivity contribution in [3.63, 3.8) is 0 Å². The lowest BCUT2D eigenvalue weighted by atomic mass is 9.96. The number of hydrogen-bond acceptors (Lipinski definition) is 4. The smallest absolute Gasteiger partial charge is 0.308 e. The van der Waals surface area contributed by atoms with Gasteiger partial charge in [-0.2, -0.15) is 0 Å². The highest BCUT2D eigenvalue weighted by atomic mass is 32.2. The van der Waals surface area contributed by atoms with Crippen LogP contribution in [0.3, 0.4) is 0 Å². The van der Waals surface area contributed by atoms with Gasteiger partial charge in [-0.15, -0.1) is 11.8 Å². The van der Waals surface area contributed by atoms with Crippen molar-refractivity contribution >= 4 is 29.4 Å². The first-order valence-electron chi connectivity index (χ1n) is 7.03. The predicted molar refractivity (Wildman–Crippen MR) is 83.0 cm³/mol. The van der Waals surface area contributed by atoms with Crippen LogP contribution in [0.15, 0.2) is 11.1 Å². The Morgan fingerprint density at radius 3 is 2.24 bits per heavy atom. The van der Waals surface area contributed by atoms with Crippen LogP contribution in [0, 0.1) is 11.8 Å². The molecule has 6 heteroatoms. The first-order valence-corrected chi connectivity index (χ1v) is 8.32. The van der Waals surface area contributed by atoms with E-state index < -0.39 is 12.4 Å². The molecular weight excluding hydrogens is 290 g/mol. The molecule has 1 amide bonds. The summed E-state index contributed by atoms with van der Waals surface area (Å²) in [5.74, 6) is -1.54. The first-order chi connectivity index (χ1) is 9.70. The summed E-state index contributed by atoms with van der Waals surface area (Å²) in [5.41, 5.74) is 0.534. The Bertz CT molecular complexity index is 482. The summed E-state index contributed by atoms with van der Waals surface area (Å²) >= 11 is 1.40. The van der Waals surface area contributed by atoms with Crippen molar-refractivity contribution < 1.29 is 19.5 Å². The fourth-order valence-corrected chi connectivity index (χ4v) is 3.35. The number of amides is 1. The summed E-state index contributed by atoms with van der Waals surface area (Å²) in [5, 5.41) is 8.66. The molecule has 0 bridgehead atoms. The standard InChI is InChI=1S/C15H23NO4S/c1-8(2)7-16-14(20)10(6-11(17)18)12(15(16)21-5)13(19)9(3)4/h8-9,15H,6-7H2,1-5H3,(H,17,18)/t15-/m1/s1. The summed E-state index contributed by atoms with van der Waals surface area (Å²) in [4.78, 5) is 37.6. The number of aliphatic carboxylic acids is 1. The van der Waals surface area contributed by atoms with Gasteiger partial charge in [0, 0.05) is 23.6 Å². The van der Waals surface area contributed by atoms with Crippen molar-refractivity contribution in [2.75, 3.05) is 12.8 Å². The van der Waals surface area contributed by atoms with Crippen LogP contribution in [-0.2, 0) is 14.4 Å². The number of rotatable bonds is 7. The lowest BCUT2D eigenvalue weighted by Crippen LogP contribution is -2.37. The second-order valence-corrected chi connectivity index (χ2v) is 6.84. The van der Waals surface area contributed by atoms with E-state index in [0.717, 1.165) is 0 Å². The molecule has 1 N–H and O–H groups in total. The number of carboxylic acids is 1. The van der Waals surface area contributed by atoms with E-state index in [-0.39, 0.29) is 34.5 Å². The molecule has 0 aliphatic carbocycles. The van der Waals surface area contributed by atoms with Crippen molar-refractivity contribution in [2.24, 2.45) is 11.8 Å². The molecule has 1 aliphatic heterocycles. The number of carbonyl (C=O) groups excluding carboxylic acids is 2. The minimum atomic E-state index is -1.08. The second-order valence-electron chi connectivity index (χ2n) is 5.92. The molecule has 0 saturated heterocycles. The Kier molecular flexibility index (Phi) is 6.01. The van der Waals surface area contributed by atoms with Gasteiger partial charge in [0.15, 0.2) is 5.78 Å². The highest BCUT2D eigenvalue weighted by Gasteiger charge is 2.42. The van der Waals surface area contributed by atoms with Crippen LogP contribution in [-0.4, -0.2) is 45.8 Å². The van der Waals surface area contributed by atoms with E-state index in [1.807, 2.05) is 20.1 Å². The Morgan fingerprint density at radius 1 is 1.29 bits per heavy atom. The van der Waals surface area contributed by atoms with Gasteiger partial charge in [0.25, 0.3) is 5.91 Å². The van der Waals surface area contributed by atoms with Gasteiger partial charge in [-0.25, -0.2) is 0 Å².